The fourth-order valence-electron chi connectivity index (χ4n) is 2.00. The maximum absolute atomic E-state index is 13.7. The van der Waals surface area contributed by atoms with E-state index in [0.717, 1.165) is 7.11 Å². The van der Waals surface area contributed by atoms with Gasteiger partial charge >= 0.3 is 17.5 Å². The average molecular weight is 404 g/mol. The summed E-state index contributed by atoms with van der Waals surface area (Å²) in [4.78, 5) is 25.9. The maximum atomic E-state index is 13.7. The van der Waals surface area contributed by atoms with Crippen LogP contribution in [0.4, 0.5) is 27.6 Å². The van der Waals surface area contributed by atoms with Gasteiger partial charge in [-0.15, -0.1) is 0 Å². The second kappa shape index (κ2) is 6.86. The number of hydrogen-bond donors (Lipinski definition) is 1. The van der Waals surface area contributed by atoms with E-state index in [1.807, 2.05) is 0 Å². The SMILES string of the molecule is COC(=O)c1c(C(F)(F)Cl)nc(C(F)(F)F)c(C(=O)[O-])c1NC(C)(C)C. The number of nitrogens with zero attached hydrogens (tertiary/aromatic N) is 1. The quantitative estimate of drug-likeness (QED) is 0.472. The van der Waals surface area contributed by atoms with Gasteiger partial charge in [-0.1, -0.05) is 0 Å². The lowest BCUT2D eigenvalue weighted by molar-refractivity contribution is -0.255. The summed E-state index contributed by atoms with van der Waals surface area (Å²) >= 11 is 4.80. The summed E-state index contributed by atoms with van der Waals surface area (Å²) in [5.41, 5.74) is -9.06. The van der Waals surface area contributed by atoms with Crippen LogP contribution in [-0.4, -0.2) is 29.6 Å². The Labute approximate surface area is 149 Å². The van der Waals surface area contributed by atoms with Gasteiger partial charge in [-0.2, -0.15) is 22.0 Å². The van der Waals surface area contributed by atoms with Gasteiger partial charge in [0.2, 0.25) is 0 Å². The number of carbonyl (C=O) groups is 2. The summed E-state index contributed by atoms with van der Waals surface area (Å²) in [7, 11) is 0.760. The summed E-state index contributed by atoms with van der Waals surface area (Å²) in [5.74, 6) is -3.94. The predicted octanol–water partition coefficient (Wildman–Crippen LogP) is 2.75. The fourth-order valence-corrected chi connectivity index (χ4v) is 2.13. The smallest absolute Gasteiger partial charge is 0.434 e. The van der Waals surface area contributed by atoms with Crippen LogP contribution in [0.15, 0.2) is 0 Å². The van der Waals surface area contributed by atoms with Gasteiger partial charge in [-0.25, -0.2) is 9.78 Å². The summed E-state index contributed by atoms with van der Waals surface area (Å²) in [6, 6.07) is 0. The van der Waals surface area contributed by atoms with E-state index in [-0.39, 0.29) is 0 Å². The third-order valence-corrected chi connectivity index (χ3v) is 3.01. The molecule has 0 radical (unpaired) electrons. The summed E-state index contributed by atoms with van der Waals surface area (Å²) < 4.78 is 71.3. The Bertz CT molecular complexity index is 739. The second-order valence-corrected chi connectivity index (χ2v) is 6.56. The first-order chi connectivity index (χ1) is 11.5. The molecule has 0 aliphatic carbocycles. The van der Waals surface area contributed by atoms with Gasteiger partial charge in [-0.05, 0) is 32.4 Å². The third kappa shape index (κ3) is 4.71. The molecule has 1 N–H and O–H groups in total. The molecule has 0 spiro atoms. The maximum Gasteiger partial charge on any atom is 0.434 e. The molecule has 0 aliphatic heterocycles. The van der Waals surface area contributed by atoms with Crippen molar-refractivity contribution in [2.24, 2.45) is 0 Å². The number of carboxylic acid groups (broad SMARTS) is 1. The number of aromatic carboxylic acids is 1. The predicted molar refractivity (Wildman–Crippen MR) is 78.0 cm³/mol. The number of halogens is 6. The molecule has 0 saturated heterocycles. The van der Waals surface area contributed by atoms with Gasteiger partial charge in [0.25, 0.3) is 0 Å². The molecule has 146 valence electrons. The molecule has 12 heteroatoms. The van der Waals surface area contributed by atoms with Gasteiger partial charge < -0.3 is 20.0 Å². The number of esters is 1. The molecule has 1 heterocycles. The Kier molecular flexibility index (Phi) is 5.77. The molecule has 0 aliphatic rings. The molecule has 1 rings (SSSR count). The number of pyridine rings is 1. The van der Waals surface area contributed by atoms with E-state index < -0.39 is 57.2 Å². The van der Waals surface area contributed by atoms with Gasteiger partial charge in [-0.3, -0.25) is 0 Å². The number of methoxy groups -OCH3 is 1. The third-order valence-electron chi connectivity index (χ3n) is 2.83. The normalized spacial score (nSPS) is 12.7. The zero-order chi connectivity index (χ0) is 20.7. The van der Waals surface area contributed by atoms with Crippen molar-refractivity contribution in [2.45, 2.75) is 37.9 Å². The van der Waals surface area contributed by atoms with Crippen molar-refractivity contribution < 1.29 is 41.4 Å². The minimum absolute atomic E-state index is 0.760. The van der Waals surface area contributed by atoms with Crippen molar-refractivity contribution in [2.75, 3.05) is 12.4 Å². The minimum atomic E-state index is -5.45. The molecule has 6 nitrogen and oxygen atoms in total. The van der Waals surface area contributed by atoms with Gasteiger partial charge in [0.1, 0.15) is 11.3 Å². The lowest BCUT2D eigenvalue weighted by Crippen LogP contribution is -2.35. The Morgan fingerprint density at radius 1 is 1.08 bits per heavy atom. The van der Waals surface area contributed by atoms with Crippen LogP contribution >= 0.6 is 11.6 Å². The second-order valence-electron chi connectivity index (χ2n) is 6.08. The molecule has 1 aromatic heterocycles. The Balaban J connectivity index is 4.18. The molecule has 0 aromatic carbocycles. The molecule has 0 bridgehead atoms. The number of alkyl halides is 6. The fraction of sp³-hybridized carbons (Fsp3) is 0.500. The highest BCUT2D eigenvalue weighted by Gasteiger charge is 2.45. The summed E-state index contributed by atoms with van der Waals surface area (Å²) in [5, 5.41) is 9.10. The Morgan fingerprint density at radius 3 is 1.88 bits per heavy atom. The van der Waals surface area contributed by atoms with Crippen LogP contribution in [0.5, 0.6) is 0 Å². The van der Waals surface area contributed by atoms with E-state index in [9.17, 15) is 36.6 Å². The molecular formula is C14H13ClF5N2O4-. The van der Waals surface area contributed by atoms with E-state index >= 15 is 0 Å². The lowest BCUT2D eigenvalue weighted by Gasteiger charge is -2.29. The van der Waals surface area contributed by atoms with Crippen LogP contribution in [0.2, 0.25) is 0 Å². The first-order valence-electron chi connectivity index (χ1n) is 6.81. The molecule has 0 saturated carbocycles. The van der Waals surface area contributed by atoms with Crippen LogP contribution in [0.25, 0.3) is 0 Å². The van der Waals surface area contributed by atoms with E-state index in [2.05, 4.69) is 15.0 Å². The zero-order valence-corrected chi connectivity index (χ0v) is 14.6. The van der Waals surface area contributed by atoms with Crippen LogP contribution in [0.3, 0.4) is 0 Å². The van der Waals surface area contributed by atoms with Crippen LogP contribution in [0.1, 0.15) is 52.9 Å². The number of carboxylic acids is 1. The van der Waals surface area contributed by atoms with Crippen molar-refractivity contribution in [3.05, 3.63) is 22.5 Å². The van der Waals surface area contributed by atoms with Crippen molar-refractivity contribution in [3.8, 4) is 0 Å². The van der Waals surface area contributed by atoms with Crippen LogP contribution in [-0.2, 0) is 16.3 Å². The molecule has 0 fully saturated rings. The topological polar surface area (TPSA) is 91.3 Å². The summed E-state index contributed by atoms with van der Waals surface area (Å²) in [6.45, 7) is 4.16. The number of ether oxygens (including phenoxy) is 1. The van der Waals surface area contributed by atoms with E-state index in [4.69, 9.17) is 11.6 Å². The number of anilines is 1. The van der Waals surface area contributed by atoms with Crippen molar-refractivity contribution in [1.82, 2.24) is 4.98 Å². The molecule has 0 atom stereocenters. The van der Waals surface area contributed by atoms with E-state index in [1.54, 1.807) is 0 Å². The van der Waals surface area contributed by atoms with Crippen LogP contribution in [0, 0.1) is 0 Å². The lowest BCUT2D eigenvalue weighted by atomic mass is 9.99. The first kappa shape index (κ1) is 21.9. The first-order valence-corrected chi connectivity index (χ1v) is 7.18. The number of aromatic nitrogens is 1. The minimum Gasteiger partial charge on any atom is -0.545 e. The molecule has 0 unspecified atom stereocenters. The molecule has 1 aromatic rings. The van der Waals surface area contributed by atoms with Gasteiger partial charge in [0.05, 0.1) is 24.3 Å². The monoisotopic (exact) mass is 403 g/mol. The number of carbonyl (C=O) groups excluding carboxylic acids is 2. The largest absolute Gasteiger partial charge is 0.545 e. The molecular weight excluding hydrogens is 391 g/mol. The van der Waals surface area contributed by atoms with Gasteiger partial charge in [0.15, 0.2) is 5.69 Å². The van der Waals surface area contributed by atoms with Crippen LogP contribution < -0.4 is 10.4 Å². The summed E-state index contributed by atoms with van der Waals surface area (Å²) in [6.07, 6.45) is -5.45. The highest BCUT2D eigenvalue weighted by atomic mass is 35.5. The van der Waals surface area contributed by atoms with Crippen molar-refractivity contribution >= 4 is 29.2 Å². The standard InChI is InChI=1S/C14H14ClF5N2O4/c1-12(2,3)22-7-5(10(23)24)9(14(18,19)20)21-8(13(15,16)17)6(7)11(25)26-4/h1-4H3,(H,21,22)(H,23,24)/p-1. The van der Waals surface area contributed by atoms with Crippen molar-refractivity contribution in [1.29, 1.82) is 0 Å². The zero-order valence-electron chi connectivity index (χ0n) is 13.8. The molecule has 26 heavy (non-hydrogen) atoms. The van der Waals surface area contributed by atoms with Crippen molar-refractivity contribution in [3.63, 3.8) is 0 Å². The molecule has 0 amide bonds. The van der Waals surface area contributed by atoms with E-state index in [1.165, 1.54) is 20.8 Å². The highest BCUT2D eigenvalue weighted by molar-refractivity contribution is 6.22. The number of hydrogen-bond acceptors (Lipinski definition) is 6. The number of rotatable bonds is 4. The van der Waals surface area contributed by atoms with E-state index in [0.29, 0.717) is 0 Å². The van der Waals surface area contributed by atoms with Gasteiger partial charge in [0, 0.05) is 5.54 Å². The Morgan fingerprint density at radius 2 is 1.58 bits per heavy atom. The Hall–Kier alpha value is -2.17. The number of nitrogens with one attached hydrogen (secondary N) is 1. The average Bonchev–Trinajstić information content (AvgIpc) is 2.41. The highest BCUT2D eigenvalue weighted by Crippen LogP contribution is 2.43.